The van der Waals surface area contributed by atoms with Gasteiger partial charge in [-0.05, 0) is 25.6 Å². The van der Waals surface area contributed by atoms with Crippen LogP contribution in [0.15, 0.2) is 12.2 Å². The molecule has 104 valence electrons. The van der Waals surface area contributed by atoms with Gasteiger partial charge in [0.25, 0.3) is 0 Å². The van der Waals surface area contributed by atoms with Crippen LogP contribution in [0.25, 0.3) is 0 Å². The normalized spacial score (nSPS) is 9.89. The van der Waals surface area contributed by atoms with Crippen LogP contribution < -0.4 is 0 Å². The molecule has 0 saturated carbocycles. The van der Waals surface area contributed by atoms with Crippen LogP contribution in [0.3, 0.4) is 0 Å². The lowest BCUT2D eigenvalue weighted by Gasteiger charge is -2.08. The second-order valence-electron chi connectivity index (χ2n) is 4.15. The summed E-state index contributed by atoms with van der Waals surface area (Å²) in [5, 5.41) is 0.553. The number of esters is 1. The van der Waals surface area contributed by atoms with E-state index in [4.69, 9.17) is 21.7 Å². The minimum atomic E-state index is -0.414. The number of carbonyl (C=O) groups is 1. The molecule has 0 atom stereocenters. The van der Waals surface area contributed by atoms with Crippen molar-refractivity contribution < 1.29 is 14.3 Å². The van der Waals surface area contributed by atoms with Gasteiger partial charge >= 0.3 is 5.97 Å². The molecule has 0 radical (unpaired) electrons. The molecule has 0 aromatic heterocycles. The topological polar surface area (TPSA) is 35.5 Å². The molecular weight excluding hydrogens is 248 g/mol. The molecular formula is C14H24O3S. The Labute approximate surface area is 116 Å². The van der Waals surface area contributed by atoms with Crippen LogP contribution in [0.5, 0.6) is 0 Å². The third-order valence-electron chi connectivity index (χ3n) is 2.46. The first-order valence-electron chi connectivity index (χ1n) is 6.62. The van der Waals surface area contributed by atoms with Crippen molar-refractivity contribution in [1.29, 1.82) is 0 Å². The molecule has 0 aliphatic rings. The predicted octanol–water partition coefficient (Wildman–Crippen LogP) is 3.81. The van der Waals surface area contributed by atoms with Crippen molar-refractivity contribution in [2.24, 2.45) is 0 Å². The molecule has 0 spiro atoms. The zero-order valence-corrected chi connectivity index (χ0v) is 12.3. The molecule has 0 aromatic rings. The smallest absolute Gasteiger partial charge is 0.336 e. The monoisotopic (exact) mass is 272 g/mol. The van der Waals surface area contributed by atoms with Crippen molar-refractivity contribution in [1.82, 2.24) is 0 Å². The summed E-state index contributed by atoms with van der Waals surface area (Å²) in [7, 11) is 0. The van der Waals surface area contributed by atoms with Crippen molar-refractivity contribution in [3.63, 3.8) is 0 Å². The van der Waals surface area contributed by atoms with E-state index < -0.39 is 5.97 Å². The Hall–Kier alpha value is -0.900. The van der Waals surface area contributed by atoms with Crippen molar-refractivity contribution in [2.75, 3.05) is 13.2 Å². The Morgan fingerprint density at radius 2 is 1.78 bits per heavy atom. The van der Waals surface area contributed by atoms with Crippen molar-refractivity contribution >= 4 is 23.2 Å². The van der Waals surface area contributed by atoms with Gasteiger partial charge in [0.2, 0.25) is 0 Å². The molecule has 0 rings (SSSR count). The molecule has 0 unspecified atom stereocenters. The number of hydrogen-bond acceptors (Lipinski definition) is 4. The number of ether oxygens (including phenoxy) is 2. The lowest BCUT2D eigenvalue weighted by Crippen LogP contribution is -2.13. The maximum Gasteiger partial charge on any atom is 0.336 e. The summed E-state index contributed by atoms with van der Waals surface area (Å²) in [6, 6.07) is 0. The predicted molar refractivity (Wildman–Crippen MR) is 77.7 cm³/mol. The Kier molecular flexibility index (Phi) is 10.6. The van der Waals surface area contributed by atoms with Gasteiger partial charge in [-0.25, -0.2) is 4.79 Å². The van der Waals surface area contributed by atoms with Gasteiger partial charge in [0.15, 0.2) is 5.05 Å². The Balaban J connectivity index is 3.58. The number of unbranched alkanes of at least 4 members (excludes halogenated alkanes) is 4. The summed E-state index contributed by atoms with van der Waals surface area (Å²) in [5.74, 6) is -0.414. The molecule has 0 aliphatic carbocycles. The molecule has 0 fully saturated rings. The fraction of sp³-hybridized carbons (Fsp3) is 0.714. The Bertz CT molecular complexity index is 274. The van der Waals surface area contributed by atoms with Crippen LogP contribution in [0.1, 0.15) is 52.4 Å². The highest BCUT2D eigenvalue weighted by molar-refractivity contribution is 7.80. The van der Waals surface area contributed by atoms with Crippen LogP contribution in [-0.2, 0) is 14.3 Å². The van der Waals surface area contributed by atoms with Gasteiger partial charge in [-0.1, -0.05) is 39.2 Å². The van der Waals surface area contributed by atoms with Crippen molar-refractivity contribution in [3.8, 4) is 0 Å². The Morgan fingerprint density at radius 1 is 1.11 bits per heavy atom. The maximum absolute atomic E-state index is 11.2. The first-order valence-corrected chi connectivity index (χ1v) is 7.03. The summed E-state index contributed by atoms with van der Waals surface area (Å²) in [4.78, 5) is 11.2. The number of rotatable bonds is 10. The van der Waals surface area contributed by atoms with Gasteiger partial charge in [0.05, 0.1) is 12.2 Å². The van der Waals surface area contributed by atoms with Crippen molar-refractivity contribution in [2.45, 2.75) is 52.4 Å². The summed E-state index contributed by atoms with van der Waals surface area (Å²) in [6.45, 7) is 8.03. The molecule has 18 heavy (non-hydrogen) atoms. The standard InChI is InChI=1S/C14H24O3S/c1-4-6-7-8-9-10-13(18)17-11-12(3)14(15)16-5-2/h3-11H2,1-2H3. The summed E-state index contributed by atoms with van der Waals surface area (Å²) in [6.07, 6.45) is 6.75. The highest BCUT2D eigenvalue weighted by atomic mass is 32.1. The third kappa shape index (κ3) is 9.16. The third-order valence-corrected chi connectivity index (χ3v) is 2.78. The summed E-state index contributed by atoms with van der Waals surface area (Å²) < 4.78 is 10.1. The van der Waals surface area contributed by atoms with E-state index in [1.54, 1.807) is 6.92 Å². The van der Waals surface area contributed by atoms with Gasteiger partial charge in [-0.15, -0.1) is 0 Å². The maximum atomic E-state index is 11.2. The van der Waals surface area contributed by atoms with E-state index in [1.165, 1.54) is 25.7 Å². The van der Waals surface area contributed by atoms with Gasteiger partial charge in [-0.2, -0.15) is 0 Å². The minimum absolute atomic E-state index is 0.132. The van der Waals surface area contributed by atoms with Crippen LogP contribution >= 0.6 is 12.2 Å². The second-order valence-corrected chi connectivity index (χ2v) is 4.60. The SMILES string of the molecule is C=C(COC(=S)CCCCCCC)C(=O)OCC. The van der Waals surface area contributed by atoms with Crippen LogP contribution in [-0.4, -0.2) is 24.2 Å². The van der Waals surface area contributed by atoms with Gasteiger partial charge in [0, 0.05) is 6.42 Å². The molecule has 0 N–H and O–H groups in total. The van der Waals surface area contributed by atoms with E-state index in [1.807, 2.05) is 0 Å². The molecule has 0 aromatic carbocycles. The molecule has 3 nitrogen and oxygen atoms in total. The molecule has 0 aliphatic heterocycles. The number of thiocarbonyl (C=S) groups is 1. The lowest BCUT2D eigenvalue weighted by atomic mass is 10.1. The van der Waals surface area contributed by atoms with E-state index >= 15 is 0 Å². The highest BCUT2D eigenvalue weighted by Gasteiger charge is 2.09. The second kappa shape index (κ2) is 11.2. The van der Waals surface area contributed by atoms with Crippen LogP contribution in [0.4, 0.5) is 0 Å². The number of carbonyl (C=O) groups excluding carboxylic acids is 1. The highest BCUT2D eigenvalue weighted by Crippen LogP contribution is 2.07. The Morgan fingerprint density at radius 3 is 2.39 bits per heavy atom. The molecule has 0 amide bonds. The van der Waals surface area contributed by atoms with E-state index in [9.17, 15) is 4.79 Å². The van der Waals surface area contributed by atoms with Crippen LogP contribution in [0, 0.1) is 0 Å². The van der Waals surface area contributed by atoms with Crippen LogP contribution in [0.2, 0.25) is 0 Å². The molecule has 0 saturated heterocycles. The quantitative estimate of drug-likeness (QED) is 0.262. The zero-order valence-electron chi connectivity index (χ0n) is 11.5. The summed E-state index contributed by atoms with van der Waals surface area (Å²) >= 11 is 5.09. The van der Waals surface area contributed by atoms with Gasteiger partial charge in [0.1, 0.15) is 6.61 Å². The fourth-order valence-electron chi connectivity index (χ4n) is 1.40. The fourth-order valence-corrected chi connectivity index (χ4v) is 1.61. The first-order chi connectivity index (χ1) is 8.61. The van der Waals surface area contributed by atoms with E-state index in [0.29, 0.717) is 17.2 Å². The lowest BCUT2D eigenvalue weighted by molar-refractivity contribution is -0.138. The van der Waals surface area contributed by atoms with E-state index in [0.717, 1.165) is 12.8 Å². The number of hydrogen-bond donors (Lipinski definition) is 0. The molecule has 0 heterocycles. The largest absolute Gasteiger partial charge is 0.482 e. The van der Waals surface area contributed by atoms with E-state index in [2.05, 4.69) is 13.5 Å². The minimum Gasteiger partial charge on any atom is -0.482 e. The van der Waals surface area contributed by atoms with Gasteiger partial charge in [-0.3, -0.25) is 0 Å². The molecule has 0 bridgehead atoms. The first kappa shape index (κ1) is 17.1. The average molecular weight is 272 g/mol. The van der Waals surface area contributed by atoms with Crippen molar-refractivity contribution in [3.05, 3.63) is 12.2 Å². The molecule has 4 heteroatoms. The van der Waals surface area contributed by atoms with Gasteiger partial charge < -0.3 is 9.47 Å². The zero-order chi connectivity index (χ0) is 13.8. The van der Waals surface area contributed by atoms with E-state index in [-0.39, 0.29) is 6.61 Å². The average Bonchev–Trinajstić information content (AvgIpc) is 2.36. The summed E-state index contributed by atoms with van der Waals surface area (Å²) in [5.41, 5.74) is 0.310.